The Balaban J connectivity index is 1.72. The Morgan fingerprint density at radius 2 is 1.85 bits per heavy atom. The summed E-state index contributed by atoms with van der Waals surface area (Å²) < 4.78 is 17.2. The number of rotatable bonds is 5. The number of carbonyl (C=O) groups excluding carboxylic acids is 2. The van der Waals surface area contributed by atoms with E-state index in [2.05, 4.69) is 31.9 Å². The molecule has 0 bridgehead atoms. The molecule has 2 N–H and O–H groups in total. The fourth-order valence-electron chi connectivity index (χ4n) is 2.22. The lowest BCUT2D eigenvalue weighted by Gasteiger charge is -2.09. The Morgan fingerprint density at radius 3 is 2.56 bits per heavy atom. The molecule has 7 nitrogen and oxygen atoms in total. The fourth-order valence-corrected chi connectivity index (χ4v) is 3.38. The van der Waals surface area contributed by atoms with Crippen LogP contribution in [-0.4, -0.2) is 18.5 Å². The van der Waals surface area contributed by atoms with E-state index >= 15 is 0 Å². The van der Waals surface area contributed by atoms with Crippen molar-refractivity contribution >= 4 is 54.7 Å². The van der Waals surface area contributed by atoms with Crippen LogP contribution in [0.4, 0.5) is 0 Å². The lowest BCUT2D eigenvalue weighted by Crippen LogP contribution is -2.20. The number of benzene rings is 2. The summed E-state index contributed by atoms with van der Waals surface area (Å²) in [4.78, 5) is 34.9. The van der Waals surface area contributed by atoms with Crippen LogP contribution in [0.1, 0.15) is 10.4 Å². The molecule has 1 heterocycles. The summed E-state index contributed by atoms with van der Waals surface area (Å²) >= 11 is 6.66. The van der Waals surface area contributed by atoms with Gasteiger partial charge in [0.1, 0.15) is 22.6 Å². The minimum absolute atomic E-state index is 0.159. The number of fused-ring (bicyclic) bond motifs is 1. The van der Waals surface area contributed by atoms with Crippen LogP contribution in [0.25, 0.3) is 11.0 Å². The normalized spacial score (nSPS) is 10.6. The van der Waals surface area contributed by atoms with Crippen molar-refractivity contribution in [1.82, 2.24) is 0 Å². The van der Waals surface area contributed by atoms with Gasteiger partial charge in [-0.25, -0.2) is 9.59 Å². The molecule has 0 radical (unpaired) electrons. The van der Waals surface area contributed by atoms with Crippen LogP contribution in [0, 0.1) is 0 Å². The number of amides is 1. The number of halogens is 2. The fraction of sp³-hybridized carbons (Fsp3) is 0.0556. The van der Waals surface area contributed by atoms with Crippen LogP contribution in [0.5, 0.6) is 11.5 Å². The van der Waals surface area contributed by atoms with Crippen molar-refractivity contribution in [1.29, 1.82) is 0 Å². The van der Waals surface area contributed by atoms with Gasteiger partial charge in [-0.3, -0.25) is 4.79 Å². The average molecular weight is 497 g/mol. The number of esters is 1. The molecule has 3 rings (SSSR count). The van der Waals surface area contributed by atoms with Gasteiger partial charge in [0.2, 0.25) is 0 Å². The largest absolute Gasteiger partial charge is 0.481 e. The number of carbonyl (C=O) groups is 2. The number of primary amides is 1. The van der Waals surface area contributed by atoms with E-state index in [0.717, 1.165) is 4.47 Å². The third-order valence-electron chi connectivity index (χ3n) is 3.44. The maximum atomic E-state index is 12.0. The SMILES string of the molecule is NC(=O)c1cc2ccc(OC(=O)COc3ccc(Br)cc3Br)cc2oc1=O. The van der Waals surface area contributed by atoms with Gasteiger partial charge in [0.05, 0.1) is 4.47 Å². The third-order valence-corrected chi connectivity index (χ3v) is 4.56. The zero-order chi connectivity index (χ0) is 19.6. The van der Waals surface area contributed by atoms with Crippen molar-refractivity contribution in [3.05, 3.63) is 67.4 Å². The van der Waals surface area contributed by atoms with Gasteiger partial charge in [0.15, 0.2) is 6.61 Å². The van der Waals surface area contributed by atoms with Gasteiger partial charge in [-0.15, -0.1) is 0 Å². The van der Waals surface area contributed by atoms with Crippen LogP contribution in [0.2, 0.25) is 0 Å². The van der Waals surface area contributed by atoms with Crippen molar-refractivity contribution in [2.45, 2.75) is 0 Å². The van der Waals surface area contributed by atoms with Crippen LogP contribution in [0.3, 0.4) is 0 Å². The van der Waals surface area contributed by atoms with Crippen molar-refractivity contribution < 1.29 is 23.5 Å². The molecule has 138 valence electrons. The molecule has 1 amide bonds. The Labute approximate surface area is 169 Å². The summed E-state index contributed by atoms with van der Waals surface area (Å²) in [7, 11) is 0. The summed E-state index contributed by atoms with van der Waals surface area (Å²) in [6, 6.07) is 11.0. The van der Waals surface area contributed by atoms with Gasteiger partial charge in [0, 0.05) is 15.9 Å². The van der Waals surface area contributed by atoms with E-state index in [0.29, 0.717) is 15.6 Å². The minimum atomic E-state index is -0.877. The molecule has 0 spiro atoms. The maximum Gasteiger partial charge on any atom is 0.349 e. The Kier molecular flexibility index (Phi) is 5.62. The highest BCUT2D eigenvalue weighted by Gasteiger charge is 2.13. The summed E-state index contributed by atoms with van der Waals surface area (Å²) in [5.41, 5.74) is 4.16. The van der Waals surface area contributed by atoms with Gasteiger partial charge in [-0.05, 0) is 52.3 Å². The predicted molar refractivity (Wildman–Crippen MR) is 104 cm³/mol. The maximum absolute atomic E-state index is 12.0. The van der Waals surface area contributed by atoms with Crippen LogP contribution in [0.15, 0.2) is 60.6 Å². The van der Waals surface area contributed by atoms with E-state index in [1.807, 2.05) is 0 Å². The number of nitrogens with two attached hydrogens (primary N) is 1. The van der Waals surface area contributed by atoms with E-state index in [9.17, 15) is 14.4 Å². The second kappa shape index (κ2) is 7.93. The van der Waals surface area contributed by atoms with Crippen molar-refractivity contribution in [3.8, 4) is 11.5 Å². The zero-order valence-electron chi connectivity index (χ0n) is 13.5. The van der Waals surface area contributed by atoms with Crippen LogP contribution < -0.4 is 20.8 Å². The van der Waals surface area contributed by atoms with E-state index in [-0.39, 0.29) is 23.5 Å². The van der Waals surface area contributed by atoms with E-state index in [1.165, 1.54) is 18.2 Å². The van der Waals surface area contributed by atoms with Crippen LogP contribution in [-0.2, 0) is 4.79 Å². The zero-order valence-corrected chi connectivity index (χ0v) is 16.7. The highest BCUT2D eigenvalue weighted by atomic mass is 79.9. The molecule has 0 saturated carbocycles. The average Bonchev–Trinajstić information content (AvgIpc) is 2.60. The summed E-state index contributed by atoms with van der Waals surface area (Å²) in [5.74, 6) is -0.864. The molecular weight excluding hydrogens is 486 g/mol. The monoisotopic (exact) mass is 495 g/mol. The van der Waals surface area contributed by atoms with Gasteiger partial charge < -0.3 is 19.6 Å². The molecule has 0 aliphatic carbocycles. The van der Waals surface area contributed by atoms with Crippen molar-refractivity contribution in [2.24, 2.45) is 5.73 Å². The van der Waals surface area contributed by atoms with Crippen molar-refractivity contribution in [3.63, 3.8) is 0 Å². The highest BCUT2D eigenvalue weighted by Crippen LogP contribution is 2.28. The summed E-state index contributed by atoms with van der Waals surface area (Å²) in [5, 5.41) is 0.471. The molecule has 9 heteroatoms. The first-order chi connectivity index (χ1) is 12.8. The lowest BCUT2D eigenvalue weighted by atomic mass is 10.2. The molecule has 2 aromatic carbocycles. The van der Waals surface area contributed by atoms with Gasteiger partial charge in [0.25, 0.3) is 5.91 Å². The first-order valence-electron chi connectivity index (χ1n) is 7.50. The molecule has 0 atom stereocenters. The predicted octanol–water partition coefficient (Wildman–Crippen LogP) is 3.40. The quantitative estimate of drug-likeness (QED) is 0.329. The lowest BCUT2D eigenvalue weighted by molar-refractivity contribution is -0.136. The molecule has 0 unspecified atom stereocenters. The summed E-state index contributed by atoms with van der Waals surface area (Å²) in [6.07, 6.45) is 0. The Hall–Kier alpha value is -2.65. The van der Waals surface area contributed by atoms with E-state index < -0.39 is 17.5 Å². The van der Waals surface area contributed by atoms with E-state index in [1.54, 1.807) is 24.3 Å². The second-order valence-electron chi connectivity index (χ2n) is 5.35. The molecule has 0 saturated heterocycles. The Morgan fingerprint density at radius 1 is 1.07 bits per heavy atom. The molecular formula is C18H11Br2NO6. The molecule has 0 aliphatic heterocycles. The van der Waals surface area contributed by atoms with Crippen LogP contribution >= 0.6 is 31.9 Å². The van der Waals surface area contributed by atoms with Gasteiger partial charge in [-0.1, -0.05) is 15.9 Å². The first kappa shape index (κ1) is 19.1. The van der Waals surface area contributed by atoms with Gasteiger partial charge in [-0.2, -0.15) is 0 Å². The Bertz CT molecular complexity index is 1110. The smallest absolute Gasteiger partial charge is 0.349 e. The highest BCUT2D eigenvalue weighted by molar-refractivity contribution is 9.11. The number of hydrogen-bond donors (Lipinski definition) is 1. The standard InChI is InChI=1S/C18H11Br2NO6/c19-10-2-4-14(13(20)6-10)25-8-16(22)26-11-3-1-9-5-12(17(21)23)18(24)27-15(9)7-11/h1-7H,8H2,(H2,21,23). The van der Waals surface area contributed by atoms with E-state index in [4.69, 9.17) is 19.6 Å². The summed E-state index contributed by atoms with van der Waals surface area (Å²) in [6.45, 7) is -0.317. The molecule has 0 aliphatic rings. The number of hydrogen-bond acceptors (Lipinski definition) is 6. The molecule has 1 aromatic heterocycles. The number of ether oxygens (including phenoxy) is 2. The topological polar surface area (TPSA) is 109 Å². The van der Waals surface area contributed by atoms with Gasteiger partial charge >= 0.3 is 11.6 Å². The third kappa shape index (κ3) is 4.55. The first-order valence-corrected chi connectivity index (χ1v) is 9.08. The van der Waals surface area contributed by atoms with Crippen molar-refractivity contribution in [2.75, 3.05) is 6.61 Å². The second-order valence-corrected chi connectivity index (χ2v) is 7.12. The molecule has 0 fully saturated rings. The molecule has 27 heavy (non-hydrogen) atoms. The minimum Gasteiger partial charge on any atom is -0.481 e. The molecule has 3 aromatic rings.